The van der Waals surface area contributed by atoms with Gasteiger partial charge in [-0.25, -0.2) is 4.98 Å². The van der Waals surface area contributed by atoms with E-state index < -0.39 is 11.9 Å². The Balaban J connectivity index is 2.09. The number of halogens is 1. The Hall–Kier alpha value is -1.91. The third-order valence-electron chi connectivity index (χ3n) is 5.69. The van der Waals surface area contributed by atoms with Gasteiger partial charge >= 0.3 is 5.97 Å². The van der Waals surface area contributed by atoms with Gasteiger partial charge in [-0.15, -0.1) is 11.3 Å². The second-order valence-corrected chi connectivity index (χ2v) is 9.08. The molecular weight excluding hydrogens is 390 g/mol. The first kappa shape index (κ1) is 19.4. The summed E-state index contributed by atoms with van der Waals surface area (Å²) in [4.78, 5) is 19.6. The quantitative estimate of drug-likeness (QED) is 0.501. The van der Waals surface area contributed by atoms with Crippen LogP contribution in [0.2, 0.25) is 5.02 Å². The molecule has 146 valence electrons. The second-order valence-electron chi connectivity index (χ2n) is 7.56. The molecule has 0 bridgehead atoms. The monoisotopic (exact) mass is 413 g/mol. The number of fused-ring (bicyclic) bond motifs is 3. The molecule has 1 aliphatic rings. The molecule has 5 heteroatoms. The van der Waals surface area contributed by atoms with Gasteiger partial charge in [-0.1, -0.05) is 37.1 Å². The van der Waals surface area contributed by atoms with Crippen molar-refractivity contribution in [1.29, 1.82) is 0 Å². The minimum absolute atomic E-state index is 0.549. The summed E-state index contributed by atoms with van der Waals surface area (Å²) in [6, 6.07) is 7.79. The van der Waals surface area contributed by atoms with Crippen molar-refractivity contribution in [1.82, 2.24) is 4.98 Å². The van der Waals surface area contributed by atoms with Crippen molar-refractivity contribution >= 4 is 39.1 Å². The second kappa shape index (κ2) is 7.84. The van der Waals surface area contributed by atoms with Crippen LogP contribution in [-0.4, -0.2) is 16.1 Å². The summed E-state index contributed by atoms with van der Waals surface area (Å²) in [5.41, 5.74) is 5.17. The molecule has 28 heavy (non-hydrogen) atoms. The fourth-order valence-corrected chi connectivity index (χ4v) is 5.88. The molecule has 1 atom stereocenters. The van der Waals surface area contributed by atoms with E-state index in [0.29, 0.717) is 11.4 Å². The molecule has 2 heterocycles. The lowest BCUT2D eigenvalue weighted by Crippen LogP contribution is -2.15. The highest BCUT2D eigenvalue weighted by atomic mass is 35.5. The van der Waals surface area contributed by atoms with Crippen LogP contribution in [-0.2, 0) is 17.6 Å². The third-order valence-corrected chi connectivity index (χ3v) is 7.13. The number of hydrogen-bond acceptors (Lipinski definition) is 3. The molecule has 3 nitrogen and oxygen atoms in total. The number of aromatic nitrogens is 1. The number of carboxylic acid groups (broad SMARTS) is 1. The fraction of sp³-hybridized carbons (Fsp3) is 0.391. The zero-order valence-corrected chi connectivity index (χ0v) is 17.8. The summed E-state index contributed by atoms with van der Waals surface area (Å²) < 4.78 is 0. The van der Waals surface area contributed by atoms with Crippen LogP contribution in [0.5, 0.6) is 0 Å². The van der Waals surface area contributed by atoms with Crippen LogP contribution < -0.4 is 0 Å². The summed E-state index contributed by atoms with van der Waals surface area (Å²) in [5.74, 6) is -1.32. The number of aryl methyl sites for hydroxylation is 3. The van der Waals surface area contributed by atoms with Gasteiger partial charge in [0, 0.05) is 21.0 Å². The molecule has 0 fully saturated rings. The van der Waals surface area contributed by atoms with E-state index in [4.69, 9.17) is 16.6 Å². The molecule has 1 aromatic carbocycles. The number of carbonyl (C=O) groups is 1. The maximum Gasteiger partial charge on any atom is 0.311 e. The molecule has 0 aliphatic heterocycles. The molecule has 1 N–H and O–H groups in total. The Morgan fingerprint density at radius 1 is 1.25 bits per heavy atom. The molecule has 0 saturated carbocycles. The van der Waals surface area contributed by atoms with E-state index in [1.165, 1.54) is 28.7 Å². The zero-order chi connectivity index (χ0) is 19.8. The Labute approximate surface area is 174 Å². The molecular formula is C23H24ClNO2S. The summed E-state index contributed by atoms with van der Waals surface area (Å²) in [6.45, 7) is 3.99. The van der Waals surface area contributed by atoms with E-state index in [9.17, 15) is 9.90 Å². The van der Waals surface area contributed by atoms with Gasteiger partial charge in [0.1, 0.15) is 4.83 Å². The molecule has 0 radical (unpaired) electrons. The topological polar surface area (TPSA) is 50.2 Å². The Morgan fingerprint density at radius 3 is 2.64 bits per heavy atom. The fourth-order valence-electron chi connectivity index (χ4n) is 4.44. The van der Waals surface area contributed by atoms with Crippen molar-refractivity contribution in [2.45, 2.75) is 58.3 Å². The largest absolute Gasteiger partial charge is 0.481 e. The highest BCUT2D eigenvalue weighted by Crippen LogP contribution is 2.45. The third kappa shape index (κ3) is 3.33. The smallest absolute Gasteiger partial charge is 0.311 e. The Bertz CT molecular complexity index is 1040. The van der Waals surface area contributed by atoms with Crippen molar-refractivity contribution in [3.8, 4) is 11.1 Å². The summed E-state index contributed by atoms with van der Waals surface area (Å²) in [6.07, 6.45) is 5.97. The van der Waals surface area contributed by atoms with Crippen molar-refractivity contribution in [3.05, 3.63) is 51.0 Å². The van der Waals surface area contributed by atoms with E-state index in [1.54, 1.807) is 11.3 Å². The predicted octanol–water partition coefficient (Wildman–Crippen LogP) is 6.77. The molecule has 4 rings (SSSR count). The molecule has 3 aromatic rings. The lowest BCUT2D eigenvalue weighted by Gasteiger charge is -2.21. The SMILES string of the molecule is CCCC(C(=O)O)c1c(C)nc2sc3c(c2c1-c1ccc(Cl)cc1)CCCC3. The molecule has 0 spiro atoms. The predicted molar refractivity (Wildman–Crippen MR) is 117 cm³/mol. The number of rotatable bonds is 5. The van der Waals surface area contributed by atoms with E-state index in [1.807, 2.05) is 38.1 Å². The summed E-state index contributed by atoms with van der Waals surface area (Å²) in [7, 11) is 0. The van der Waals surface area contributed by atoms with Gasteiger partial charge in [-0.05, 0) is 73.4 Å². The minimum Gasteiger partial charge on any atom is -0.481 e. The van der Waals surface area contributed by atoms with Crippen LogP contribution in [0.4, 0.5) is 0 Å². The van der Waals surface area contributed by atoms with Crippen LogP contribution in [0.25, 0.3) is 21.3 Å². The first-order chi connectivity index (χ1) is 13.5. The van der Waals surface area contributed by atoms with E-state index in [2.05, 4.69) is 0 Å². The number of pyridine rings is 1. The lowest BCUT2D eigenvalue weighted by atomic mass is 9.83. The molecule has 2 aromatic heterocycles. The first-order valence-electron chi connectivity index (χ1n) is 9.94. The summed E-state index contributed by atoms with van der Waals surface area (Å²) in [5, 5.41) is 11.9. The Morgan fingerprint density at radius 2 is 1.96 bits per heavy atom. The first-order valence-corrected chi connectivity index (χ1v) is 11.1. The van der Waals surface area contributed by atoms with Gasteiger partial charge < -0.3 is 5.11 Å². The van der Waals surface area contributed by atoms with E-state index in [-0.39, 0.29) is 0 Å². The van der Waals surface area contributed by atoms with Gasteiger partial charge in [0.2, 0.25) is 0 Å². The lowest BCUT2D eigenvalue weighted by molar-refractivity contribution is -0.139. The normalized spacial score (nSPS) is 14.8. The Kier molecular flexibility index (Phi) is 5.44. The van der Waals surface area contributed by atoms with E-state index >= 15 is 0 Å². The number of hydrogen-bond donors (Lipinski definition) is 1. The highest BCUT2D eigenvalue weighted by molar-refractivity contribution is 7.19. The molecule has 1 aliphatic carbocycles. The van der Waals surface area contributed by atoms with Crippen molar-refractivity contribution in [2.75, 3.05) is 0 Å². The van der Waals surface area contributed by atoms with E-state index in [0.717, 1.165) is 46.5 Å². The van der Waals surface area contributed by atoms with Gasteiger partial charge in [0.25, 0.3) is 0 Å². The summed E-state index contributed by atoms with van der Waals surface area (Å²) >= 11 is 7.92. The number of thiophene rings is 1. The van der Waals surface area contributed by atoms with Crippen LogP contribution in [0.15, 0.2) is 24.3 Å². The van der Waals surface area contributed by atoms with Crippen molar-refractivity contribution < 1.29 is 9.90 Å². The van der Waals surface area contributed by atoms with Crippen LogP contribution >= 0.6 is 22.9 Å². The average Bonchev–Trinajstić information content (AvgIpc) is 3.04. The standard InChI is InChI=1S/C23H24ClNO2S/c1-3-6-17(23(26)27)19-13(2)25-22-21(16-7-4-5-8-18(16)28-22)20(19)14-9-11-15(24)12-10-14/h9-12,17H,3-8H2,1-2H3,(H,26,27). The highest BCUT2D eigenvalue weighted by Gasteiger charge is 2.29. The van der Waals surface area contributed by atoms with Gasteiger partial charge in [0.05, 0.1) is 5.92 Å². The minimum atomic E-state index is -0.773. The molecule has 0 saturated heterocycles. The van der Waals surface area contributed by atoms with Gasteiger partial charge in [-0.3, -0.25) is 4.79 Å². The van der Waals surface area contributed by atoms with Crippen LogP contribution in [0.3, 0.4) is 0 Å². The van der Waals surface area contributed by atoms with Crippen LogP contribution in [0.1, 0.15) is 60.2 Å². The average molecular weight is 414 g/mol. The van der Waals surface area contributed by atoms with Crippen molar-refractivity contribution in [3.63, 3.8) is 0 Å². The maximum absolute atomic E-state index is 12.2. The van der Waals surface area contributed by atoms with Gasteiger partial charge in [-0.2, -0.15) is 0 Å². The van der Waals surface area contributed by atoms with Gasteiger partial charge in [0.15, 0.2) is 0 Å². The number of aliphatic carboxylic acids is 1. The number of benzene rings is 1. The number of nitrogens with zero attached hydrogens (tertiary/aromatic N) is 1. The number of carboxylic acids is 1. The molecule has 0 amide bonds. The van der Waals surface area contributed by atoms with Crippen LogP contribution in [0, 0.1) is 6.92 Å². The zero-order valence-electron chi connectivity index (χ0n) is 16.2. The van der Waals surface area contributed by atoms with Crippen molar-refractivity contribution in [2.24, 2.45) is 0 Å². The molecule has 1 unspecified atom stereocenters. The maximum atomic E-state index is 12.2.